The van der Waals surface area contributed by atoms with E-state index in [1.54, 1.807) is 29.2 Å². The number of amides is 3. The van der Waals surface area contributed by atoms with Crippen molar-refractivity contribution in [2.24, 2.45) is 11.8 Å². The summed E-state index contributed by atoms with van der Waals surface area (Å²) >= 11 is 6.31. The maximum Gasteiger partial charge on any atom is 0.250 e. The first-order chi connectivity index (χ1) is 18.5. The van der Waals surface area contributed by atoms with Gasteiger partial charge in [0.2, 0.25) is 17.7 Å². The van der Waals surface area contributed by atoms with Crippen LogP contribution < -0.4 is 10.6 Å². The van der Waals surface area contributed by atoms with E-state index in [1.807, 2.05) is 30.3 Å². The van der Waals surface area contributed by atoms with Gasteiger partial charge in [-0.1, -0.05) is 66.9 Å². The minimum absolute atomic E-state index is 0.131. The molecule has 3 heterocycles. The van der Waals surface area contributed by atoms with Gasteiger partial charge < -0.3 is 25.4 Å². The molecule has 38 heavy (non-hydrogen) atoms. The summed E-state index contributed by atoms with van der Waals surface area (Å²) in [5, 5.41) is 15.4. The smallest absolute Gasteiger partial charge is 0.250 e. The number of hydrogen-bond acceptors (Lipinski definition) is 5. The summed E-state index contributed by atoms with van der Waals surface area (Å²) in [7, 11) is 0. The Balaban J connectivity index is 1.39. The summed E-state index contributed by atoms with van der Waals surface area (Å²) < 4.78 is 6.47. The van der Waals surface area contributed by atoms with Gasteiger partial charge in [-0.3, -0.25) is 14.4 Å². The van der Waals surface area contributed by atoms with E-state index in [1.165, 1.54) is 0 Å². The van der Waals surface area contributed by atoms with Crippen molar-refractivity contribution in [3.05, 3.63) is 65.2 Å². The van der Waals surface area contributed by atoms with Crippen LogP contribution in [0.3, 0.4) is 0 Å². The van der Waals surface area contributed by atoms with Crippen molar-refractivity contribution in [1.82, 2.24) is 10.2 Å². The molecule has 3 saturated heterocycles. The normalized spacial score (nSPS) is 27.4. The number of ether oxygens (including phenoxy) is 1. The van der Waals surface area contributed by atoms with Crippen molar-refractivity contribution in [3.63, 3.8) is 0 Å². The fraction of sp³-hybridized carbons (Fsp3) is 0.483. The fourth-order valence-electron chi connectivity index (χ4n) is 6.41. The van der Waals surface area contributed by atoms with Crippen molar-refractivity contribution in [2.45, 2.75) is 62.8 Å². The van der Waals surface area contributed by atoms with Gasteiger partial charge in [-0.2, -0.15) is 0 Å². The average Bonchev–Trinajstić information content (AvgIpc) is 3.56. The predicted molar refractivity (Wildman–Crippen MR) is 143 cm³/mol. The first kappa shape index (κ1) is 26.7. The number of carbonyl (C=O) groups is 3. The molecule has 202 valence electrons. The monoisotopic (exact) mass is 539 g/mol. The standard InChI is InChI=1S/C29H34ClN3O5/c30-20-12-6-7-13-21(20)32-27(36)25-29-15-14-22(38-29)23(26(35)31-18-19-10-4-3-5-11-19)24(29)28(37)33(25)16-8-1-2-9-17-34/h3-7,10-13,22-25,34H,1-2,8-9,14-18H2,(H,31,35)(H,32,36)/t22-,23+,24-,25?,29?/m0/s1. The highest BCUT2D eigenvalue weighted by Gasteiger charge is 2.74. The Morgan fingerprint density at radius 3 is 2.53 bits per heavy atom. The third kappa shape index (κ3) is 4.93. The van der Waals surface area contributed by atoms with Gasteiger partial charge >= 0.3 is 0 Å². The molecule has 0 radical (unpaired) electrons. The van der Waals surface area contributed by atoms with Gasteiger partial charge in [0.15, 0.2) is 0 Å². The molecule has 2 aromatic rings. The van der Waals surface area contributed by atoms with Gasteiger partial charge in [0.1, 0.15) is 11.6 Å². The number of halogens is 1. The SMILES string of the molecule is O=C(Nc1ccccc1Cl)C1N(CCCCCCO)C(=O)[C@@H]2[C@H](C(=O)NCc3ccccc3)[C@@H]3CCC12O3. The molecular weight excluding hydrogens is 506 g/mol. The number of benzene rings is 2. The number of para-hydroxylation sites is 1. The lowest BCUT2D eigenvalue weighted by molar-refractivity contribution is -0.141. The number of anilines is 1. The third-order valence-electron chi connectivity index (χ3n) is 8.10. The second kappa shape index (κ2) is 11.4. The van der Waals surface area contributed by atoms with Gasteiger partial charge in [-0.25, -0.2) is 0 Å². The Bertz CT molecular complexity index is 1180. The number of rotatable bonds is 11. The molecule has 3 aliphatic rings. The second-order valence-electron chi connectivity index (χ2n) is 10.4. The molecule has 8 nitrogen and oxygen atoms in total. The fourth-order valence-corrected chi connectivity index (χ4v) is 6.59. The zero-order chi connectivity index (χ0) is 26.7. The molecule has 3 fully saturated rings. The van der Waals surface area contributed by atoms with Crippen molar-refractivity contribution in [1.29, 1.82) is 0 Å². The summed E-state index contributed by atoms with van der Waals surface area (Å²) in [4.78, 5) is 42.8. The van der Waals surface area contributed by atoms with Gasteiger partial charge in [-0.15, -0.1) is 0 Å². The maximum atomic E-state index is 13.9. The molecule has 3 N–H and O–H groups in total. The Kier molecular flexibility index (Phi) is 8.02. The van der Waals surface area contributed by atoms with Crippen LogP contribution in [0.2, 0.25) is 5.02 Å². The largest absolute Gasteiger partial charge is 0.396 e. The van der Waals surface area contributed by atoms with Crippen molar-refractivity contribution >= 4 is 35.0 Å². The summed E-state index contributed by atoms with van der Waals surface area (Å²) in [5.74, 6) is -2.12. The van der Waals surface area contributed by atoms with Crippen LogP contribution >= 0.6 is 11.6 Å². The molecule has 5 atom stereocenters. The van der Waals surface area contributed by atoms with Crippen LogP contribution in [0.5, 0.6) is 0 Å². The van der Waals surface area contributed by atoms with Gasteiger partial charge in [0.25, 0.3) is 0 Å². The molecule has 2 unspecified atom stereocenters. The third-order valence-corrected chi connectivity index (χ3v) is 8.43. The highest BCUT2D eigenvalue weighted by atomic mass is 35.5. The molecule has 0 aromatic heterocycles. The molecule has 3 amide bonds. The van der Waals surface area contributed by atoms with E-state index < -0.39 is 29.6 Å². The maximum absolute atomic E-state index is 13.9. The molecule has 2 aromatic carbocycles. The number of nitrogens with zero attached hydrogens (tertiary/aromatic N) is 1. The number of nitrogens with one attached hydrogen (secondary N) is 2. The zero-order valence-electron chi connectivity index (χ0n) is 21.3. The van der Waals surface area contributed by atoms with Crippen LogP contribution in [0, 0.1) is 11.8 Å². The lowest BCUT2D eigenvalue weighted by Crippen LogP contribution is -2.53. The number of aliphatic hydroxyl groups excluding tert-OH is 1. The molecule has 1 spiro atoms. The molecule has 0 saturated carbocycles. The minimum atomic E-state index is -1.05. The topological polar surface area (TPSA) is 108 Å². The number of carbonyl (C=O) groups excluding carboxylic acids is 3. The van der Waals surface area contributed by atoms with E-state index in [0.717, 1.165) is 18.4 Å². The van der Waals surface area contributed by atoms with Gasteiger partial charge in [0.05, 0.1) is 28.6 Å². The van der Waals surface area contributed by atoms with Crippen LogP contribution in [0.1, 0.15) is 44.1 Å². The van der Waals surface area contributed by atoms with E-state index in [9.17, 15) is 14.4 Å². The van der Waals surface area contributed by atoms with E-state index in [4.69, 9.17) is 21.4 Å². The molecule has 5 rings (SSSR count). The van der Waals surface area contributed by atoms with Crippen LogP contribution in [-0.4, -0.2) is 58.6 Å². The average molecular weight is 540 g/mol. The number of likely N-dealkylation sites (tertiary alicyclic amines) is 1. The van der Waals surface area contributed by atoms with E-state index in [2.05, 4.69) is 10.6 Å². The van der Waals surface area contributed by atoms with E-state index >= 15 is 0 Å². The molecule has 3 aliphatic heterocycles. The number of unbranched alkanes of at least 4 members (excludes halogenated alkanes) is 3. The molecular formula is C29H34ClN3O5. The zero-order valence-corrected chi connectivity index (χ0v) is 22.0. The summed E-state index contributed by atoms with van der Waals surface area (Å²) in [6.45, 7) is 0.878. The molecule has 2 bridgehead atoms. The van der Waals surface area contributed by atoms with Crippen LogP contribution in [0.15, 0.2) is 54.6 Å². The molecule has 9 heteroatoms. The summed E-state index contributed by atoms with van der Waals surface area (Å²) in [6.07, 6.45) is 3.82. The second-order valence-corrected chi connectivity index (χ2v) is 10.8. The highest BCUT2D eigenvalue weighted by molar-refractivity contribution is 6.33. The van der Waals surface area contributed by atoms with Gasteiger partial charge in [0, 0.05) is 19.7 Å². The van der Waals surface area contributed by atoms with Crippen molar-refractivity contribution in [2.75, 3.05) is 18.5 Å². The molecule has 0 aliphatic carbocycles. The predicted octanol–water partition coefficient (Wildman–Crippen LogP) is 3.52. The Morgan fingerprint density at radius 2 is 1.76 bits per heavy atom. The lowest BCUT2D eigenvalue weighted by Gasteiger charge is -2.33. The minimum Gasteiger partial charge on any atom is -0.396 e. The number of aliphatic hydroxyl groups is 1. The Labute approximate surface area is 227 Å². The number of fused-ring (bicyclic) bond motifs is 1. The van der Waals surface area contributed by atoms with Gasteiger partial charge in [-0.05, 0) is 43.4 Å². The summed E-state index contributed by atoms with van der Waals surface area (Å²) in [5.41, 5.74) is 0.394. The highest BCUT2D eigenvalue weighted by Crippen LogP contribution is 2.58. The number of hydrogen-bond donors (Lipinski definition) is 3. The van der Waals surface area contributed by atoms with Crippen LogP contribution in [-0.2, 0) is 25.7 Å². The van der Waals surface area contributed by atoms with Crippen LogP contribution in [0.4, 0.5) is 5.69 Å². The van der Waals surface area contributed by atoms with E-state index in [0.29, 0.717) is 49.5 Å². The Morgan fingerprint density at radius 1 is 1.03 bits per heavy atom. The first-order valence-electron chi connectivity index (χ1n) is 13.4. The quantitative estimate of drug-likeness (QED) is 0.379. The first-order valence-corrected chi connectivity index (χ1v) is 13.8. The van der Waals surface area contributed by atoms with Crippen molar-refractivity contribution < 1.29 is 24.2 Å². The van der Waals surface area contributed by atoms with E-state index in [-0.39, 0.29) is 24.3 Å². The Hall–Kier alpha value is -2.94. The van der Waals surface area contributed by atoms with Crippen LogP contribution in [0.25, 0.3) is 0 Å². The van der Waals surface area contributed by atoms with Crippen molar-refractivity contribution in [3.8, 4) is 0 Å². The lowest BCUT2D eigenvalue weighted by atomic mass is 9.70. The summed E-state index contributed by atoms with van der Waals surface area (Å²) in [6, 6.07) is 15.8.